The standard InChI is InChI=1S/C19H25N5O2/c1-2-15(16-12-24-9-3-8-20-19(24)22-16)21-17(25)13-6-10-23(11-7-13)18(26)14-4-5-14/h3,8-9,12-15H,2,4-7,10-11H2,1H3,(H,21,25). The molecule has 1 unspecified atom stereocenters. The van der Waals surface area contributed by atoms with Gasteiger partial charge in [0.05, 0.1) is 11.7 Å². The number of fused-ring (bicyclic) bond motifs is 1. The van der Waals surface area contributed by atoms with Crippen LogP contribution >= 0.6 is 0 Å². The van der Waals surface area contributed by atoms with E-state index in [1.807, 2.05) is 34.7 Å². The number of rotatable bonds is 5. The van der Waals surface area contributed by atoms with Gasteiger partial charge in [0.1, 0.15) is 0 Å². The normalized spacial score (nSPS) is 19.5. The number of piperidine rings is 1. The average Bonchev–Trinajstić information content (AvgIpc) is 3.44. The second-order valence-electron chi connectivity index (χ2n) is 7.34. The van der Waals surface area contributed by atoms with Crippen LogP contribution in [0.15, 0.2) is 24.7 Å². The minimum atomic E-state index is -0.115. The smallest absolute Gasteiger partial charge is 0.233 e. The lowest BCUT2D eigenvalue weighted by Gasteiger charge is -2.32. The number of hydrogen-bond donors (Lipinski definition) is 1. The molecule has 26 heavy (non-hydrogen) atoms. The van der Waals surface area contributed by atoms with E-state index in [0.717, 1.165) is 37.8 Å². The number of nitrogens with zero attached hydrogens (tertiary/aromatic N) is 4. The number of likely N-dealkylation sites (tertiary alicyclic amines) is 1. The highest BCUT2D eigenvalue weighted by molar-refractivity contribution is 5.82. The van der Waals surface area contributed by atoms with Crippen molar-refractivity contribution >= 4 is 17.6 Å². The van der Waals surface area contributed by atoms with Gasteiger partial charge < -0.3 is 10.2 Å². The van der Waals surface area contributed by atoms with Crippen molar-refractivity contribution < 1.29 is 9.59 Å². The van der Waals surface area contributed by atoms with E-state index in [-0.39, 0.29) is 29.7 Å². The molecule has 1 atom stereocenters. The summed E-state index contributed by atoms with van der Waals surface area (Å²) in [5.74, 6) is 1.23. The van der Waals surface area contributed by atoms with Crippen molar-refractivity contribution in [3.8, 4) is 0 Å². The molecule has 2 aliphatic rings. The Hall–Kier alpha value is -2.44. The lowest BCUT2D eigenvalue weighted by molar-refractivity contribution is -0.136. The van der Waals surface area contributed by atoms with Crippen LogP contribution in [0.25, 0.3) is 5.78 Å². The summed E-state index contributed by atoms with van der Waals surface area (Å²) in [6.45, 7) is 3.43. The third-order valence-electron chi connectivity index (χ3n) is 5.44. The van der Waals surface area contributed by atoms with Gasteiger partial charge in [0.15, 0.2) is 0 Å². The quantitative estimate of drug-likeness (QED) is 0.889. The zero-order chi connectivity index (χ0) is 18.1. The van der Waals surface area contributed by atoms with Crippen LogP contribution < -0.4 is 5.32 Å². The first-order chi connectivity index (χ1) is 12.7. The van der Waals surface area contributed by atoms with Crippen LogP contribution in [0.3, 0.4) is 0 Å². The Morgan fingerprint density at radius 1 is 1.23 bits per heavy atom. The van der Waals surface area contributed by atoms with Crippen molar-refractivity contribution in [3.63, 3.8) is 0 Å². The highest BCUT2D eigenvalue weighted by Crippen LogP contribution is 2.32. The molecule has 7 heteroatoms. The zero-order valence-electron chi connectivity index (χ0n) is 15.1. The summed E-state index contributed by atoms with van der Waals surface area (Å²) in [6, 6.07) is 1.74. The molecule has 0 bridgehead atoms. The van der Waals surface area contributed by atoms with Crippen LogP contribution in [-0.4, -0.2) is 44.2 Å². The molecule has 1 aliphatic carbocycles. The van der Waals surface area contributed by atoms with E-state index in [1.165, 1.54) is 0 Å². The van der Waals surface area contributed by atoms with E-state index < -0.39 is 0 Å². The molecule has 2 fully saturated rings. The van der Waals surface area contributed by atoms with Gasteiger partial charge >= 0.3 is 0 Å². The van der Waals surface area contributed by atoms with Crippen molar-refractivity contribution in [2.24, 2.45) is 11.8 Å². The van der Waals surface area contributed by atoms with Gasteiger partial charge in [-0.3, -0.25) is 14.0 Å². The van der Waals surface area contributed by atoms with E-state index in [0.29, 0.717) is 18.9 Å². The fourth-order valence-electron chi connectivity index (χ4n) is 3.64. The molecular weight excluding hydrogens is 330 g/mol. The summed E-state index contributed by atoms with van der Waals surface area (Å²) in [5, 5.41) is 3.15. The zero-order valence-corrected chi connectivity index (χ0v) is 15.1. The number of aromatic nitrogens is 3. The summed E-state index contributed by atoms with van der Waals surface area (Å²) in [6.07, 6.45) is 9.86. The molecule has 0 spiro atoms. The second kappa shape index (κ2) is 7.05. The van der Waals surface area contributed by atoms with Gasteiger partial charge in [0.25, 0.3) is 0 Å². The molecule has 7 nitrogen and oxygen atoms in total. The third-order valence-corrected chi connectivity index (χ3v) is 5.44. The summed E-state index contributed by atoms with van der Waals surface area (Å²) >= 11 is 0. The SMILES string of the molecule is CCC(NC(=O)C1CCN(C(=O)C2CC2)CC1)c1cn2cccnc2n1. The molecule has 0 radical (unpaired) electrons. The van der Waals surface area contributed by atoms with Gasteiger partial charge in [-0.15, -0.1) is 0 Å². The topological polar surface area (TPSA) is 79.6 Å². The number of amides is 2. The Bertz CT molecular complexity index is 772. The first-order valence-electron chi connectivity index (χ1n) is 9.54. The number of hydrogen-bond acceptors (Lipinski definition) is 4. The van der Waals surface area contributed by atoms with Gasteiger partial charge in [-0.1, -0.05) is 6.92 Å². The van der Waals surface area contributed by atoms with Crippen molar-refractivity contribution in [2.45, 2.75) is 45.1 Å². The molecule has 1 saturated heterocycles. The largest absolute Gasteiger partial charge is 0.347 e. The van der Waals surface area contributed by atoms with Crippen molar-refractivity contribution in [3.05, 3.63) is 30.4 Å². The van der Waals surface area contributed by atoms with Crippen LogP contribution in [0, 0.1) is 11.8 Å². The van der Waals surface area contributed by atoms with E-state index in [2.05, 4.69) is 15.3 Å². The molecule has 2 aromatic heterocycles. The van der Waals surface area contributed by atoms with Crippen molar-refractivity contribution in [2.75, 3.05) is 13.1 Å². The predicted octanol–water partition coefficient (Wildman–Crippen LogP) is 1.95. The monoisotopic (exact) mass is 355 g/mol. The van der Waals surface area contributed by atoms with Gasteiger partial charge in [0.2, 0.25) is 17.6 Å². The summed E-state index contributed by atoms with van der Waals surface area (Å²) < 4.78 is 1.87. The molecule has 1 aliphatic heterocycles. The minimum Gasteiger partial charge on any atom is -0.347 e. The molecule has 0 aromatic carbocycles. The molecule has 3 heterocycles. The average molecular weight is 355 g/mol. The predicted molar refractivity (Wildman–Crippen MR) is 96.2 cm³/mol. The highest BCUT2D eigenvalue weighted by atomic mass is 16.2. The van der Waals surface area contributed by atoms with E-state index in [1.54, 1.807) is 6.20 Å². The lowest BCUT2D eigenvalue weighted by Crippen LogP contribution is -2.44. The van der Waals surface area contributed by atoms with Crippen molar-refractivity contribution in [1.82, 2.24) is 24.6 Å². The Morgan fingerprint density at radius 3 is 2.65 bits per heavy atom. The molecule has 1 N–H and O–H groups in total. The van der Waals surface area contributed by atoms with Gasteiger partial charge in [-0.25, -0.2) is 9.97 Å². The summed E-state index contributed by atoms with van der Waals surface area (Å²) in [7, 11) is 0. The molecular formula is C19H25N5O2. The van der Waals surface area contributed by atoms with Gasteiger partial charge in [0, 0.05) is 43.5 Å². The van der Waals surface area contributed by atoms with Crippen LogP contribution in [-0.2, 0) is 9.59 Å². The van der Waals surface area contributed by atoms with Crippen LogP contribution in [0.1, 0.15) is 50.8 Å². The lowest BCUT2D eigenvalue weighted by atomic mass is 9.95. The fraction of sp³-hybridized carbons (Fsp3) is 0.579. The van der Waals surface area contributed by atoms with Crippen LogP contribution in [0.4, 0.5) is 0 Å². The number of imidazole rings is 1. The maximum atomic E-state index is 12.7. The number of carbonyl (C=O) groups is 2. The highest BCUT2D eigenvalue weighted by Gasteiger charge is 2.36. The Morgan fingerprint density at radius 2 is 2.00 bits per heavy atom. The molecule has 1 saturated carbocycles. The second-order valence-corrected chi connectivity index (χ2v) is 7.34. The summed E-state index contributed by atoms with van der Waals surface area (Å²) in [5.41, 5.74) is 0.834. The van der Waals surface area contributed by atoms with Crippen molar-refractivity contribution in [1.29, 1.82) is 0 Å². The number of carbonyl (C=O) groups excluding carboxylic acids is 2. The van der Waals surface area contributed by atoms with Crippen LogP contribution in [0.5, 0.6) is 0 Å². The van der Waals surface area contributed by atoms with Gasteiger partial charge in [-0.2, -0.15) is 0 Å². The summed E-state index contributed by atoms with van der Waals surface area (Å²) in [4.78, 5) is 35.6. The maximum Gasteiger partial charge on any atom is 0.233 e. The van der Waals surface area contributed by atoms with E-state index in [9.17, 15) is 9.59 Å². The molecule has 4 rings (SSSR count). The number of nitrogens with one attached hydrogen (secondary N) is 1. The molecule has 2 amide bonds. The van der Waals surface area contributed by atoms with Crippen LogP contribution in [0.2, 0.25) is 0 Å². The Kier molecular flexibility index (Phi) is 4.61. The molecule has 138 valence electrons. The minimum absolute atomic E-state index is 0.0255. The Balaban J connectivity index is 1.36. The fourth-order valence-corrected chi connectivity index (χ4v) is 3.64. The maximum absolute atomic E-state index is 12.7. The first-order valence-corrected chi connectivity index (χ1v) is 9.54. The van der Waals surface area contributed by atoms with E-state index in [4.69, 9.17) is 0 Å². The first kappa shape index (κ1) is 17.0. The Labute approximate surface area is 152 Å². The third kappa shape index (κ3) is 3.43. The molecule has 2 aromatic rings. The van der Waals surface area contributed by atoms with E-state index >= 15 is 0 Å². The van der Waals surface area contributed by atoms with Gasteiger partial charge in [-0.05, 0) is 38.2 Å².